The Kier molecular flexibility index (Phi) is 2.48. The van der Waals surface area contributed by atoms with Crippen LogP contribution in [0.1, 0.15) is 42.9 Å². The van der Waals surface area contributed by atoms with Crippen LogP contribution in [0.2, 0.25) is 0 Å². The van der Waals surface area contributed by atoms with Gasteiger partial charge in [-0.25, -0.2) is 4.98 Å². The maximum absolute atomic E-state index is 9.84. The Morgan fingerprint density at radius 2 is 2.40 bits per heavy atom. The van der Waals surface area contributed by atoms with Crippen molar-refractivity contribution in [2.24, 2.45) is 0 Å². The lowest BCUT2D eigenvalue weighted by Crippen LogP contribution is -2.16. The van der Waals surface area contributed by atoms with Crippen LogP contribution >= 0.6 is 11.8 Å². The predicted molar refractivity (Wildman–Crippen MR) is 61.1 cm³/mol. The zero-order valence-electron chi connectivity index (χ0n) is 8.72. The smallest absolute Gasteiger partial charge is 0.131 e. The molecule has 0 bridgehead atoms. The molecule has 0 aliphatic carbocycles. The van der Waals surface area contributed by atoms with Crippen LogP contribution in [0.5, 0.6) is 0 Å². The molecule has 2 aliphatic heterocycles. The van der Waals surface area contributed by atoms with Crippen molar-refractivity contribution in [3.63, 3.8) is 0 Å². The number of imidazole rings is 1. The van der Waals surface area contributed by atoms with Crippen molar-refractivity contribution in [1.29, 1.82) is 0 Å². The summed E-state index contributed by atoms with van der Waals surface area (Å²) in [7, 11) is 0. The van der Waals surface area contributed by atoms with Crippen molar-refractivity contribution in [2.75, 3.05) is 11.5 Å². The molecule has 2 aliphatic rings. The number of thioether (sulfide) groups is 1. The molecule has 3 nitrogen and oxygen atoms in total. The largest absolute Gasteiger partial charge is 0.373 e. The van der Waals surface area contributed by atoms with E-state index in [1.807, 2.05) is 16.3 Å². The highest BCUT2D eigenvalue weighted by atomic mass is 32.2. The summed E-state index contributed by atoms with van der Waals surface area (Å²) < 4.78 is 1.97. The van der Waals surface area contributed by atoms with E-state index in [2.05, 4.69) is 11.2 Å². The van der Waals surface area contributed by atoms with Gasteiger partial charge in [0.2, 0.25) is 0 Å². The number of aromatic nitrogens is 2. The number of hydrogen-bond acceptors (Lipinski definition) is 3. The molecular formula is C11H16N2OS. The summed E-state index contributed by atoms with van der Waals surface area (Å²) in [5.41, 5.74) is 1.20. The van der Waals surface area contributed by atoms with Gasteiger partial charge in [0, 0.05) is 24.3 Å². The molecule has 0 spiro atoms. The average Bonchev–Trinajstić information content (AvgIpc) is 2.86. The van der Waals surface area contributed by atoms with Gasteiger partial charge in [0.15, 0.2) is 0 Å². The first-order valence-electron chi connectivity index (χ1n) is 5.68. The van der Waals surface area contributed by atoms with Crippen LogP contribution in [-0.2, 0) is 6.42 Å². The van der Waals surface area contributed by atoms with Gasteiger partial charge in [0.1, 0.15) is 12.1 Å². The lowest BCUT2D eigenvalue weighted by molar-refractivity contribution is 0.0780. The van der Waals surface area contributed by atoms with Crippen molar-refractivity contribution in [3.8, 4) is 0 Å². The molecule has 15 heavy (non-hydrogen) atoms. The number of hydrogen-bond donors (Lipinski definition) is 1. The number of nitrogens with zero attached hydrogens (tertiary/aromatic N) is 2. The molecule has 1 fully saturated rings. The lowest BCUT2D eigenvalue weighted by atomic mass is 10.1. The van der Waals surface area contributed by atoms with Gasteiger partial charge in [0.25, 0.3) is 0 Å². The van der Waals surface area contributed by atoms with Gasteiger partial charge in [-0.2, -0.15) is 11.8 Å². The van der Waals surface area contributed by atoms with Crippen LogP contribution in [0.15, 0.2) is 6.20 Å². The van der Waals surface area contributed by atoms with E-state index >= 15 is 0 Å². The first-order chi connectivity index (χ1) is 7.34. The lowest BCUT2D eigenvalue weighted by Gasteiger charge is -2.19. The molecule has 0 radical (unpaired) electrons. The van der Waals surface area contributed by atoms with Gasteiger partial charge in [-0.3, -0.25) is 0 Å². The molecule has 1 N–H and O–H groups in total. The Morgan fingerprint density at radius 3 is 3.13 bits per heavy atom. The van der Waals surface area contributed by atoms with E-state index < -0.39 is 0 Å². The van der Waals surface area contributed by atoms with Crippen LogP contribution in [0.3, 0.4) is 0 Å². The summed E-state index contributed by atoms with van der Waals surface area (Å²) in [6.07, 6.45) is 5.97. The van der Waals surface area contributed by atoms with Crippen molar-refractivity contribution in [1.82, 2.24) is 9.55 Å². The highest BCUT2D eigenvalue weighted by Crippen LogP contribution is 2.33. The van der Waals surface area contributed by atoms with E-state index in [0.717, 1.165) is 25.1 Å². The van der Waals surface area contributed by atoms with Gasteiger partial charge < -0.3 is 9.67 Å². The fraction of sp³-hybridized carbons (Fsp3) is 0.727. The number of fused-ring (bicyclic) bond motifs is 1. The zero-order chi connectivity index (χ0) is 10.3. The minimum absolute atomic E-state index is 0.330. The second-order valence-corrected chi connectivity index (χ2v) is 5.57. The summed E-state index contributed by atoms with van der Waals surface area (Å²) in [6.45, 7) is 0. The van der Waals surface area contributed by atoms with Gasteiger partial charge in [0.05, 0.1) is 5.69 Å². The Morgan fingerprint density at radius 1 is 1.47 bits per heavy atom. The third-order valence-electron chi connectivity index (χ3n) is 3.36. The SMILES string of the molecule is OC1CCCc2nc(C3CCSC3)cn21. The normalized spacial score (nSPS) is 30.5. The Bertz CT molecular complexity index is 357. The quantitative estimate of drug-likeness (QED) is 0.792. The highest BCUT2D eigenvalue weighted by molar-refractivity contribution is 7.99. The van der Waals surface area contributed by atoms with Gasteiger partial charge in [-0.1, -0.05) is 0 Å². The topological polar surface area (TPSA) is 38.1 Å². The van der Waals surface area contributed by atoms with E-state index in [4.69, 9.17) is 0 Å². The molecule has 3 rings (SSSR count). The Labute approximate surface area is 93.9 Å². The van der Waals surface area contributed by atoms with E-state index in [0.29, 0.717) is 5.92 Å². The molecule has 0 saturated carbocycles. The van der Waals surface area contributed by atoms with Crippen LogP contribution in [0.4, 0.5) is 0 Å². The second kappa shape index (κ2) is 3.83. The molecule has 0 aromatic carbocycles. The number of aryl methyl sites for hydroxylation is 1. The standard InChI is InChI=1S/C11H16N2OS/c14-11-3-1-2-10-12-9(6-13(10)11)8-4-5-15-7-8/h6,8,11,14H,1-5,7H2. The number of rotatable bonds is 1. The molecule has 4 heteroatoms. The van der Waals surface area contributed by atoms with E-state index in [-0.39, 0.29) is 6.23 Å². The molecule has 1 aromatic rings. The van der Waals surface area contributed by atoms with Crippen LogP contribution in [-0.4, -0.2) is 26.2 Å². The summed E-state index contributed by atoms with van der Waals surface area (Å²) >= 11 is 2.01. The van der Waals surface area contributed by atoms with E-state index in [1.165, 1.54) is 23.6 Å². The summed E-state index contributed by atoms with van der Waals surface area (Å²) in [6, 6.07) is 0. The van der Waals surface area contributed by atoms with Crippen molar-refractivity contribution in [3.05, 3.63) is 17.7 Å². The minimum atomic E-state index is -0.330. The van der Waals surface area contributed by atoms with E-state index in [9.17, 15) is 5.11 Å². The molecule has 2 atom stereocenters. The first kappa shape index (κ1) is 9.73. The third kappa shape index (κ3) is 1.70. The number of aliphatic hydroxyl groups excluding tert-OH is 1. The fourth-order valence-corrected chi connectivity index (χ4v) is 3.68. The maximum Gasteiger partial charge on any atom is 0.131 e. The minimum Gasteiger partial charge on any atom is -0.373 e. The van der Waals surface area contributed by atoms with Crippen LogP contribution in [0, 0.1) is 0 Å². The summed E-state index contributed by atoms with van der Waals surface area (Å²) in [5, 5.41) is 9.84. The number of aliphatic hydroxyl groups is 1. The molecular weight excluding hydrogens is 208 g/mol. The van der Waals surface area contributed by atoms with Gasteiger partial charge in [-0.15, -0.1) is 0 Å². The van der Waals surface area contributed by atoms with Crippen molar-refractivity contribution >= 4 is 11.8 Å². The molecule has 1 aromatic heterocycles. The highest BCUT2D eigenvalue weighted by Gasteiger charge is 2.24. The first-order valence-corrected chi connectivity index (χ1v) is 6.83. The Hall–Kier alpha value is -0.480. The van der Waals surface area contributed by atoms with Crippen molar-refractivity contribution < 1.29 is 5.11 Å². The van der Waals surface area contributed by atoms with Gasteiger partial charge >= 0.3 is 0 Å². The summed E-state index contributed by atoms with van der Waals surface area (Å²) in [5.74, 6) is 4.17. The average molecular weight is 224 g/mol. The maximum atomic E-state index is 9.84. The van der Waals surface area contributed by atoms with Crippen LogP contribution < -0.4 is 0 Å². The zero-order valence-corrected chi connectivity index (χ0v) is 9.54. The molecule has 3 heterocycles. The third-order valence-corrected chi connectivity index (χ3v) is 4.52. The Balaban J connectivity index is 1.90. The van der Waals surface area contributed by atoms with Crippen LogP contribution in [0.25, 0.3) is 0 Å². The van der Waals surface area contributed by atoms with Crippen molar-refractivity contribution in [2.45, 2.75) is 37.8 Å². The van der Waals surface area contributed by atoms with Gasteiger partial charge in [-0.05, 0) is 25.0 Å². The molecule has 2 unspecified atom stereocenters. The molecule has 1 saturated heterocycles. The predicted octanol–water partition coefficient (Wildman–Crippen LogP) is 1.93. The monoisotopic (exact) mass is 224 g/mol. The fourth-order valence-electron chi connectivity index (χ4n) is 2.44. The molecule has 0 amide bonds. The summed E-state index contributed by atoms with van der Waals surface area (Å²) in [4.78, 5) is 4.67. The van der Waals surface area contributed by atoms with E-state index in [1.54, 1.807) is 0 Å². The second-order valence-electron chi connectivity index (χ2n) is 4.42. The molecule has 82 valence electrons.